The van der Waals surface area contributed by atoms with Crippen LogP contribution in [0.15, 0.2) is 110 Å². The Morgan fingerprint density at radius 2 is 1.43 bits per heavy atom. The number of nitrogens with zero attached hydrogens (tertiary/aromatic N) is 4. The van der Waals surface area contributed by atoms with Crippen LogP contribution in [0.5, 0.6) is 0 Å². The van der Waals surface area contributed by atoms with Gasteiger partial charge in [0.05, 0.1) is 30.6 Å². The van der Waals surface area contributed by atoms with Gasteiger partial charge in [0.25, 0.3) is 5.91 Å². The first-order valence-electron chi connectivity index (χ1n) is 17.3. The smallest absolute Gasteiger partial charge is 0.253 e. The van der Waals surface area contributed by atoms with Gasteiger partial charge < -0.3 is 29.4 Å². The summed E-state index contributed by atoms with van der Waals surface area (Å²) in [5.41, 5.74) is 1.85. The molecule has 1 N–H and O–H groups in total. The van der Waals surface area contributed by atoms with E-state index in [1.165, 1.54) is 4.90 Å². The topological polar surface area (TPSA) is 93.6 Å². The minimum atomic E-state index is -1.25. The second-order valence-electron chi connectivity index (χ2n) is 12.9. The molecule has 2 bridgehead atoms. The van der Waals surface area contributed by atoms with Crippen LogP contribution in [0.1, 0.15) is 38.3 Å². The minimum Gasteiger partial charge on any atom is -0.394 e. The molecule has 3 aromatic carbocycles. The molecule has 6 atom stereocenters. The molecule has 0 saturated carbocycles. The Morgan fingerprint density at radius 3 is 2.00 bits per heavy atom. The number of aliphatic hydroxyl groups excluding tert-OH is 1. The molecule has 3 amide bonds. The van der Waals surface area contributed by atoms with Crippen molar-refractivity contribution in [2.45, 2.75) is 50.5 Å². The molecule has 256 valence electrons. The van der Waals surface area contributed by atoms with E-state index < -0.39 is 42.2 Å². The van der Waals surface area contributed by atoms with Crippen molar-refractivity contribution in [3.8, 4) is 0 Å². The van der Waals surface area contributed by atoms with Crippen molar-refractivity contribution in [3.63, 3.8) is 0 Å². The van der Waals surface area contributed by atoms with Gasteiger partial charge in [0.2, 0.25) is 11.8 Å². The third kappa shape index (κ3) is 5.85. The molecule has 3 aliphatic heterocycles. The first-order chi connectivity index (χ1) is 23.8. The zero-order chi connectivity index (χ0) is 34.7. The number of ether oxygens (including phenoxy) is 1. The van der Waals surface area contributed by atoms with Crippen molar-refractivity contribution >= 4 is 34.8 Å². The highest BCUT2D eigenvalue weighted by atomic mass is 16.5. The zero-order valence-electron chi connectivity index (χ0n) is 28.4. The zero-order valence-corrected chi connectivity index (χ0v) is 28.4. The van der Waals surface area contributed by atoms with Crippen molar-refractivity contribution < 1.29 is 24.2 Å². The standard InChI is InChI=1S/C40H46N4O5/c1-5-25-42(30-17-13-10-14-18-30)37(46)34-33-23-24-40(49-33)35(34)38(47)44(32(27-45)28-15-11-9-12-16-28)36(40)39(48)43(26-6-2)31-21-19-29(20-22-31)41(7-3)8-4/h5-6,9-22,32-36,45H,1-2,7-8,23-27H2,3-4H3/t32-,33-,34+,35+,36?,40?/m1/s1. The molecule has 0 aromatic heterocycles. The van der Waals surface area contributed by atoms with Gasteiger partial charge in [-0.2, -0.15) is 0 Å². The van der Waals surface area contributed by atoms with E-state index in [1.54, 1.807) is 22.0 Å². The lowest BCUT2D eigenvalue weighted by atomic mass is 9.70. The summed E-state index contributed by atoms with van der Waals surface area (Å²) < 4.78 is 6.79. The highest BCUT2D eigenvalue weighted by Gasteiger charge is 2.75. The fourth-order valence-corrected chi connectivity index (χ4v) is 8.29. The highest BCUT2D eigenvalue weighted by Crippen LogP contribution is 2.60. The molecule has 3 fully saturated rings. The van der Waals surface area contributed by atoms with Gasteiger partial charge in [-0.15, -0.1) is 13.2 Å². The molecule has 49 heavy (non-hydrogen) atoms. The number of fused-ring (bicyclic) bond motifs is 1. The Balaban J connectivity index is 1.45. The number of anilines is 3. The Bertz CT molecular complexity index is 1660. The SMILES string of the molecule is C=CCN(C(=O)C1N([C@H](CO)c2ccccc2)C(=O)[C@@H]2[C@@H](C(=O)N(CC=C)c3ccccc3)[C@H]3CCC12O3)c1ccc(N(CC)CC)cc1. The van der Waals surface area contributed by atoms with E-state index in [4.69, 9.17) is 4.74 Å². The minimum absolute atomic E-state index is 0.199. The van der Waals surface area contributed by atoms with Gasteiger partial charge in [0.1, 0.15) is 11.6 Å². The largest absolute Gasteiger partial charge is 0.394 e. The van der Waals surface area contributed by atoms with Crippen LogP contribution in [0.2, 0.25) is 0 Å². The Labute approximate surface area is 289 Å². The maximum absolute atomic E-state index is 15.1. The number of hydrogen-bond donors (Lipinski definition) is 1. The number of carbonyl (C=O) groups is 3. The molecule has 3 heterocycles. The van der Waals surface area contributed by atoms with Crippen molar-refractivity contribution in [2.75, 3.05) is 47.5 Å². The maximum Gasteiger partial charge on any atom is 0.253 e. The van der Waals surface area contributed by atoms with Crippen LogP contribution in [0.25, 0.3) is 0 Å². The van der Waals surface area contributed by atoms with Crippen LogP contribution < -0.4 is 14.7 Å². The summed E-state index contributed by atoms with van der Waals surface area (Å²) in [6.07, 6.45) is 3.77. The Morgan fingerprint density at radius 1 is 0.878 bits per heavy atom. The van der Waals surface area contributed by atoms with Crippen LogP contribution in [-0.4, -0.2) is 78.3 Å². The van der Waals surface area contributed by atoms with Crippen molar-refractivity contribution in [1.82, 2.24) is 4.90 Å². The third-order valence-corrected chi connectivity index (χ3v) is 10.5. The number of rotatable bonds is 14. The van der Waals surface area contributed by atoms with E-state index in [9.17, 15) is 14.7 Å². The van der Waals surface area contributed by atoms with Gasteiger partial charge >= 0.3 is 0 Å². The van der Waals surface area contributed by atoms with Gasteiger partial charge in [-0.3, -0.25) is 14.4 Å². The van der Waals surface area contributed by atoms with Crippen molar-refractivity contribution in [2.24, 2.45) is 11.8 Å². The summed E-state index contributed by atoms with van der Waals surface area (Å²) in [6.45, 7) is 13.8. The predicted molar refractivity (Wildman–Crippen MR) is 192 cm³/mol. The van der Waals surface area contributed by atoms with Crippen LogP contribution >= 0.6 is 0 Å². The molecule has 2 unspecified atom stereocenters. The molecule has 1 spiro atoms. The average molecular weight is 663 g/mol. The first kappa shape index (κ1) is 34.1. The molecule has 9 heteroatoms. The lowest BCUT2D eigenvalue weighted by molar-refractivity contribution is -0.144. The monoisotopic (exact) mass is 662 g/mol. The molecule has 3 aliphatic rings. The van der Waals surface area contributed by atoms with E-state index in [0.717, 1.165) is 18.8 Å². The summed E-state index contributed by atoms with van der Waals surface area (Å²) in [7, 11) is 0. The molecule has 0 radical (unpaired) electrons. The van der Waals surface area contributed by atoms with Crippen LogP contribution in [0, 0.1) is 11.8 Å². The van der Waals surface area contributed by atoms with Gasteiger partial charge in [0, 0.05) is 43.2 Å². The quantitative estimate of drug-likeness (QED) is 0.233. The summed E-state index contributed by atoms with van der Waals surface area (Å²) in [5.74, 6) is -2.64. The van der Waals surface area contributed by atoms with E-state index >= 15 is 4.79 Å². The van der Waals surface area contributed by atoms with Gasteiger partial charge in [-0.25, -0.2) is 0 Å². The number of hydrogen-bond acceptors (Lipinski definition) is 6. The van der Waals surface area contributed by atoms with E-state index in [-0.39, 0.29) is 30.8 Å². The Hall–Kier alpha value is -4.73. The van der Waals surface area contributed by atoms with Crippen LogP contribution in [-0.2, 0) is 19.1 Å². The lowest BCUT2D eigenvalue weighted by Crippen LogP contribution is -2.57. The van der Waals surface area contributed by atoms with Gasteiger partial charge in [-0.05, 0) is 68.7 Å². The normalized spacial score (nSPS) is 24.3. The van der Waals surface area contributed by atoms with Gasteiger partial charge in [-0.1, -0.05) is 60.7 Å². The summed E-state index contributed by atoms with van der Waals surface area (Å²) in [6, 6.07) is 24.5. The van der Waals surface area contributed by atoms with E-state index in [0.29, 0.717) is 29.8 Å². The molecular weight excluding hydrogens is 616 g/mol. The number of para-hydroxylation sites is 1. The molecular formula is C40H46N4O5. The maximum atomic E-state index is 15.1. The molecule has 0 aliphatic carbocycles. The Kier molecular flexibility index (Phi) is 10.0. The third-order valence-electron chi connectivity index (χ3n) is 10.5. The van der Waals surface area contributed by atoms with Crippen molar-refractivity contribution in [3.05, 3.63) is 116 Å². The van der Waals surface area contributed by atoms with E-state index in [2.05, 4.69) is 31.9 Å². The fraction of sp³-hybridized carbons (Fsp3) is 0.375. The summed E-state index contributed by atoms with van der Waals surface area (Å²) >= 11 is 0. The van der Waals surface area contributed by atoms with Crippen molar-refractivity contribution in [1.29, 1.82) is 0 Å². The van der Waals surface area contributed by atoms with Crippen LogP contribution in [0.3, 0.4) is 0 Å². The number of benzene rings is 3. The number of carbonyl (C=O) groups excluding carboxylic acids is 3. The summed E-state index contributed by atoms with van der Waals surface area (Å²) in [4.78, 5) is 51.7. The molecule has 6 rings (SSSR count). The lowest BCUT2D eigenvalue weighted by Gasteiger charge is -2.39. The van der Waals surface area contributed by atoms with Gasteiger partial charge in [0.15, 0.2) is 0 Å². The highest BCUT2D eigenvalue weighted by molar-refractivity contribution is 6.06. The average Bonchev–Trinajstić information content (AvgIpc) is 3.79. The number of amides is 3. The molecule has 9 nitrogen and oxygen atoms in total. The second kappa shape index (κ2) is 14.4. The molecule has 3 aromatic rings. The summed E-state index contributed by atoms with van der Waals surface area (Å²) in [5, 5.41) is 10.9. The fourth-order valence-electron chi connectivity index (χ4n) is 8.29. The number of likely N-dealkylation sites (tertiary alicyclic amines) is 1. The predicted octanol–water partition coefficient (Wildman–Crippen LogP) is 5.38. The van der Waals surface area contributed by atoms with Crippen LogP contribution in [0.4, 0.5) is 17.1 Å². The first-order valence-corrected chi connectivity index (χ1v) is 17.3. The number of aliphatic hydroxyl groups is 1. The molecule has 3 saturated heterocycles. The second-order valence-corrected chi connectivity index (χ2v) is 12.9. The van der Waals surface area contributed by atoms with E-state index in [1.807, 2.05) is 84.9 Å².